The van der Waals surface area contributed by atoms with Gasteiger partial charge in [-0.3, -0.25) is 4.79 Å². The summed E-state index contributed by atoms with van der Waals surface area (Å²) in [5.41, 5.74) is 0.722. The Labute approximate surface area is 85.0 Å². The molecule has 0 aliphatic carbocycles. The molecule has 0 unspecified atom stereocenters. The fraction of sp³-hybridized carbons (Fsp3) is 0.182. The number of hydrogen-bond donors (Lipinski definition) is 0. The number of carbonyl (C=O) groups excluding carboxylic acids is 1. The van der Waals surface area contributed by atoms with E-state index < -0.39 is 0 Å². The van der Waals surface area contributed by atoms with E-state index in [1.54, 1.807) is 31.2 Å². The third kappa shape index (κ3) is 2.25. The Morgan fingerprint density at radius 1 is 1.29 bits per heavy atom. The summed E-state index contributed by atoms with van der Waals surface area (Å²) < 4.78 is 4.89. The quantitative estimate of drug-likeness (QED) is 0.312. The molecule has 0 saturated carbocycles. The van der Waals surface area contributed by atoms with Crippen LogP contribution in [-0.2, 0) is 4.74 Å². The number of methoxy groups -OCH3 is 1. The summed E-state index contributed by atoms with van der Waals surface area (Å²) in [5.74, 6) is 0.240. The van der Waals surface area contributed by atoms with Crippen LogP contribution in [0.1, 0.15) is 17.3 Å². The van der Waals surface area contributed by atoms with E-state index in [1.807, 2.05) is 6.07 Å². The molecular weight excluding hydrogens is 175 g/mol. The Kier molecular flexibility index (Phi) is 3.51. The van der Waals surface area contributed by atoms with Gasteiger partial charge in [0.25, 0.3) is 0 Å². The van der Waals surface area contributed by atoms with Gasteiger partial charge in [0.1, 0.15) is 7.85 Å². The van der Waals surface area contributed by atoms with Crippen molar-refractivity contribution in [2.24, 2.45) is 0 Å². The van der Waals surface area contributed by atoms with Crippen LogP contribution in [0.25, 0.3) is 0 Å². The minimum Gasteiger partial charge on any atom is -0.502 e. The molecule has 0 atom stereocenters. The number of benzene rings is 1. The molecule has 0 aliphatic rings. The Morgan fingerprint density at radius 3 is 2.36 bits per heavy atom. The normalized spacial score (nSPS) is 11.9. The zero-order valence-electron chi connectivity index (χ0n) is 8.28. The van der Waals surface area contributed by atoms with Crippen molar-refractivity contribution in [3.8, 4) is 0 Å². The van der Waals surface area contributed by atoms with Crippen LogP contribution in [0.2, 0.25) is 0 Å². The van der Waals surface area contributed by atoms with E-state index in [0.29, 0.717) is 11.3 Å². The maximum Gasteiger partial charge on any atom is 0.182 e. The second-order valence-corrected chi connectivity index (χ2v) is 2.87. The van der Waals surface area contributed by atoms with Crippen LogP contribution in [0.4, 0.5) is 0 Å². The predicted molar refractivity (Wildman–Crippen MR) is 56.2 cm³/mol. The molecule has 0 heterocycles. The van der Waals surface area contributed by atoms with Crippen LogP contribution in [0.5, 0.6) is 0 Å². The highest BCUT2D eigenvalue weighted by Crippen LogP contribution is 2.09. The average Bonchev–Trinajstić information content (AvgIpc) is 2.27. The van der Waals surface area contributed by atoms with E-state index in [1.165, 1.54) is 7.11 Å². The molecule has 0 aromatic heterocycles. The number of ether oxygens (including phenoxy) is 1. The summed E-state index contributed by atoms with van der Waals surface area (Å²) in [7, 11) is 7.09. The highest BCUT2D eigenvalue weighted by atomic mass is 16.5. The SMILES string of the molecule is [B]/C(C(=O)c1ccccc1)=C(\C)OC. The summed E-state index contributed by atoms with van der Waals surface area (Å²) in [4.78, 5) is 11.7. The lowest BCUT2D eigenvalue weighted by Crippen LogP contribution is -2.06. The molecule has 3 heteroatoms. The van der Waals surface area contributed by atoms with Crippen molar-refractivity contribution in [3.05, 3.63) is 47.1 Å². The number of Topliss-reactive ketones (excluding diaryl/α,β-unsaturated/α-hetero) is 1. The minimum atomic E-state index is -0.204. The van der Waals surface area contributed by atoms with Gasteiger partial charge in [0.2, 0.25) is 0 Å². The minimum absolute atomic E-state index is 0.152. The van der Waals surface area contributed by atoms with E-state index in [0.717, 1.165) is 0 Å². The number of ketones is 1. The van der Waals surface area contributed by atoms with Crippen molar-refractivity contribution < 1.29 is 9.53 Å². The van der Waals surface area contributed by atoms with Gasteiger partial charge in [0, 0.05) is 5.56 Å². The van der Waals surface area contributed by atoms with Crippen LogP contribution in [0.3, 0.4) is 0 Å². The van der Waals surface area contributed by atoms with Gasteiger partial charge in [-0.25, -0.2) is 0 Å². The Balaban J connectivity index is 2.98. The lowest BCUT2D eigenvalue weighted by atomic mass is 9.87. The molecule has 0 amide bonds. The van der Waals surface area contributed by atoms with Crippen LogP contribution >= 0.6 is 0 Å². The Hall–Kier alpha value is -1.51. The standard InChI is InChI=1S/C11H11BO2/c1-8(14-2)10(12)11(13)9-6-4-3-5-7-9/h3-7H,1-2H3/b10-8+. The van der Waals surface area contributed by atoms with Crippen molar-refractivity contribution in [3.63, 3.8) is 0 Å². The molecule has 0 bridgehead atoms. The maximum absolute atomic E-state index is 11.7. The molecule has 0 fully saturated rings. The molecule has 1 aromatic carbocycles. The molecule has 0 spiro atoms. The number of allylic oxidation sites excluding steroid dienone is 2. The summed E-state index contributed by atoms with van der Waals surface area (Å²) in [6.07, 6.45) is 0. The van der Waals surface area contributed by atoms with Gasteiger partial charge in [0.05, 0.1) is 12.9 Å². The van der Waals surface area contributed by atoms with E-state index in [2.05, 4.69) is 0 Å². The predicted octanol–water partition coefficient (Wildman–Crippen LogP) is 1.92. The van der Waals surface area contributed by atoms with E-state index in [9.17, 15) is 4.79 Å². The van der Waals surface area contributed by atoms with Gasteiger partial charge in [-0.2, -0.15) is 0 Å². The molecule has 1 aromatic rings. The fourth-order valence-corrected chi connectivity index (χ4v) is 1.01. The summed E-state index contributed by atoms with van der Waals surface area (Å²) in [6, 6.07) is 8.88. The third-order valence-corrected chi connectivity index (χ3v) is 1.97. The van der Waals surface area contributed by atoms with Crippen molar-refractivity contribution in [2.45, 2.75) is 6.92 Å². The molecule has 70 valence electrons. The second kappa shape index (κ2) is 4.65. The first-order chi connectivity index (χ1) is 6.66. The first-order valence-electron chi connectivity index (χ1n) is 4.27. The number of carbonyl (C=O) groups is 1. The average molecular weight is 186 g/mol. The molecule has 2 radical (unpaired) electrons. The summed E-state index contributed by atoms with van der Waals surface area (Å²) >= 11 is 0. The van der Waals surface area contributed by atoms with Crippen molar-refractivity contribution in [1.82, 2.24) is 0 Å². The molecule has 1 rings (SSSR count). The maximum atomic E-state index is 11.7. The molecule has 0 aliphatic heterocycles. The van der Waals surface area contributed by atoms with Crippen LogP contribution in [-0.4, -0.2) is 20.7 Å². The van der Waals surface area contributed by atoms with Crippen molar-refractivity contribution >= 4 is 13.6 Å². The number of hydrogen-bond acceptors (Lipinski definition) is 2. The van der Waals surface area contributed by atoms with Gasteiger partial charge in [-0.15, -0.1) is 0 Å². The van der Waals surface area contributed by atoms with Gasteiger partial charge in [-0.05, 0) is 12.4 Å². The number of rotatable bonds is 3. The van der Waals surface area contributed by atoms with Crippen LogP contribution < -0.4 is 0 Å². The van der Waals surface area contributed by atoms with E-state index >= 15 is 0 Å². The lowest BCUT2D eigenvalue weighted by molar-refractivity contribution is 0.103. The van der Waals surface area contributed by atoms with Crippen LogP contribution in [0.15, 0.2) is 41.6 Å². The molecule has 0 saturated heterocycles. The highest BCUT2D eigenvalue weighted by molar-refractivity contribution is 6.40. The second-order valence-electron chi connectivity index (χ2n) is 2.87. The lowest BCUT2D eigenvalue weighted by Gasteiger charge is -2.05. The van der Waals surface area contributed by atoms with Gasteiger partial charge in [0.15, 0.2) is 5.78 Å². The molecule has 0 N–H and O–H groups in total. The first-order valence-corrected chi connectivity index (χ1v) is 4.27. The first kappa shape index (κ1) is 10.6. The third-order valence-electron chi connectivity index (χ3n) is 1.97. The van der Waals surface area contributed by atoms with Gasteiger partial charge < -0.3 is 4.74 Å². The highest BCUT2D eigenvalue weighted by Gasteiger charge is 2.09. The van der Waals surface area contributed by atoms with Crippen molar-refractivity contribution in [1.29, 1.82) is 0 Å². The fourth-order valence-electron chi connectivity index (χ4n) is 1.01. The molecule has 14 heavy (non-hydrogen) atoms. The zero-order valence-corrected chi connectivity index (χ0v) is 8.28. The van der Waals surface area contributed by atoms with Gasteiger partial charge in [-0.1, -0.05) is 30.3 Å². The van der Waals surface area contributed by atoms with Gasteiger partial charge >= 0.3 is 0 Å². The topological polar surface area (TPSA) is 26.3 Å². The molecule has 2 nitrogen and oxygen atoms in total. The smallest absolute Gasteiger partial charge is 0.182 e. The largest absolute Gasteiger partial charge is 0.502 e. The Morgan fingerprint density at radius 2 is 1.86 bits per heavy atom. The zero-order chi connectivity index (χ0) is 10.6. The van der Waals surface area contributed by atoms with E-state index in [-0.39, 0.29) is 11.3 Å². The molecular formula is C11H11BO2. The monoisotopic (exact) mass is 186 g/mol. The van der Waals surface area contributed by atoms with Crippen LogP contribution in [0, 0.1) is 0 Å². The Bertz CT molecular complexity index is 355. The van der Waals surface area contributed by atoms with E-state index in [4.69, 9.17) is 12.6 Å². The summed E-state index contributed by atoms with van der Waals surface area (Å²) in [6.45, 7) is 1.66. The van der Waals surface area contributed by atoms with Crippen molar-refractivity contribution in [2.75, 3.05) is 7.11 Å². The summed E-state index contributed by atoms with van der Waals surface area (Å²) in [5, 5.41) is 0.